The normalized spacial score (nSPS) is 29.1. The summed E-state index contributed by atoms with van der Waals surface area (Å²) in [5.74, 6) is 2.11. The van der Waals surface area contributed by atoms with Crippen LogP contribution < -0.4 is 5.32 Å². The van der Waals surface area contributed by atoms with Gasteiger partial charge >= 0.3 is 0 Å². The molecule has 0 aromatic heterocycles. The third-order valence-electron chi connectivity index (χ3n) is 4.50. The average Bonchev–Trinajstić information content (AvgIpc) is 3.06. The molecule has 1 nitrogen and oxygen atoms in total. The molecule has 2 saturated carbocycles. The van der Waals surface area contributed by atoms with Crippen molar-refractivity contribution in [2.24, 2.45) is 11.8 Å². The van der Waals surface area contributed by atoms with Crippen LogP contribution >= 0.6 is 0 Å². The van der Waals surface area contributed by atoms with Gasteiger partial charge in [0, 0.05) is 6.04 Å². The van der Waals surface area contributed by atoms with Crippen molar-refractivity contribution in [1.29, 1.82) is 0 Å². The summed E-state index contributed by atoms with van der Waals surface area (Å²) in [5, 5.41) is 3.70. The molecule has 0 heterocycles. The highest BCUT2D eigenvalue weighted by Gasteiger charge is 2.31. The molecule has 2 rings (SSSR count). The van der Waals surface area contributed by atoms with E-state index in [4.69, 9.17) is 0 Å². The predicted octanol–water partition coefficient (Wildman–Crippen LogP) is 4.13. The Bertz CT molecular complexity index is 186. The molecule has 1 N–H and O–H groups in total. The number of unbranched alkanes of at least 4 members (excludes halogenated alkanes) is 4. The van der Waals surface area contributed by atoms with Crippen LogP contribution in [0.3, 0.4) is 0 Å². The van der Waals surface area contributed by atoms with Gasteiger partial charge in [0.2, 0.25) is 0 Å². The lowest BCUT2D eigenvalue weighted by Crippen LogP contribution is -2.36. The SMILES string of the molecule is CCCCCCCC1CCC1CNC1CC1. The Labute approximate surface area is 101 Å². The maximum atomic E-state index is 3.70. The van der Waals surface area contributed by atoms with Crippen LogP contribution in [0.4, 0.5) is 0 Å². The van der Waals surface area contributed by atoms with Crippen molar-refractivity contribution in [1.82, 2.24) is 5.32 Å². The number of hydrogen-bond acceptors (Lipinski definition) is 1. The van der Waals surface area contributed by atoms with Gasteiger partial charge < -0.3 is 5.32 Å². The van der Waals surface area contributed by atoms with Gasteiger partial charge in [0.15, 0.2) is 0 Å². The number of nitrogens with one attached hydrogen (secondary N) is 1. The molecule has 0 aliphatic heterocycles. The first-order valence-electron chi connectivity index (χ1n) is 7.63. The monoisotopic (exact) mass is 223 g/mol. The lowest BCUT2D eigenvalue weighted by Gasteiger charge is -2.37. The van der Waals surface area contributed by atoms with Crippen LogP contribution in [0.1, 0.15) is 71.1 Å². The Morgan fingerprint density at radius 3 is 2.25 bits per heavy atom. The highest BCUT2D eigenvalue weighted by atomic mass is 14.9. The van der Waals surface area contributed by atoms with Crippen LogP contribution in [0.5, 0.6) is 0 Å². The average molecular weight is 223 g/mol. The molecule has 1 heteroatoms. The molecule has 0 bridgehead atoms. The molecule has 94 valence electrons. The van der Waals surface area contributed by atoms with Crippen molar-refractivity contribution < 1.29 is 0 Å². The molecule has 2 atom stereocenters. The van der Waals surface area contributed by atoms with Crippen LogP contribution in [0, 0.1) is 11.8 Å². The summed E-state index contributed by atoms with van der Waals surface area (Å²) in [4.78, 5) is 0. The summed E-state index contributed by atoms with van der Waals surface area (Å²) in [6.07, 6.45) is 14.7. The highest BCUT2D eigenvalue weighted by Crippen LogP contribution is 2.38. The standard InChI is InChI=1S/C15H29N/c1-2-3-4-5-6-7-13-8-9-14(13)12-16-15-10-11-15/h13-16H,2-12H2,1H3. The second-order valence-corrected chi connectivity index (χ2v) is 5.98. The van der Waals surface area contributed by atoms with Crippen LogP contribution in [-0.2, 0) is 0 Å². The van der Waals surface area contributed by atoms with Crippen LogP contribution in [0.25, 0.3) is 0 Å². The zero-order valence-electron chi connectivity index (χ0n) is 11.0. The lowest BCUT2D eigenvalue weighted by molar-refractivity contribution is 0.156. The third-order valence-corrected chi connectivity index (χ3v) is 4.50. The van der Waals surface area contributed by atoms with Crippen molar-refractivity contribution in [3.05, 3.63) is 0 Å². The largest absolute Gasteiger partial charge is 0.314 e. The second-order valence-electron chi connectivity index (χ2n) is 5.98. The molecule has 2 aliphatic rings. The molecule has 0 aromatic rings. The van der Waals surface area contributed by atoms with E-state index in [1.54, 1.807) is 0 Å². The first-order chi connectivity index (χ1) is 7.90. The molecule has 16 heavy (non-hydrogen) atoms. The Hall–Kier alpha value is -0.0400. The quantitative estimate of drug-likeness (QED) is 0.580. The van der Waals surface area contributed by atoms with Crippen molar-refractivity contribution in [3.63, 3.8) is 0 Å². The van der Waals surface area contributed by atoms with Gasteiger partial charge in [0.25, 0.3) is 0 Å². The first-order valence-corrected chi connectivity index (χ1v) is 7.63. The molecule has 0 saturated heterocycles. The van der Waals surface area contributed by atoms with E-state index in [0.29, 0.717) is 0 Å². The molecular weight excluding hydrogens is 194 g/mol. The molecular formula is C15H29N. The lowest BCUT2D eigenvalue weighted by atomic mass is 9.71. The van der Waals surface area contributed by atoms with E-state index in [1.807, 2.05) is 0 Å². The Balaban J connectivity index is 1.45. The van der Waals surface area contributed by atoms with Crippen LogP contribution in [0.15, 0.2) is 0 Å². The molecule has 0 radical (unpaired) electrons. The zero-order valence-corrected chi connectivity index (χ0v) is 11.0. The molecule has 0 spiro atoms. The molecule has 2 fully saturated rings. The molecule has 0 aromatic carbocycles. The maximum Gasteiger partial charge on any atom is 0.00683 e. The van der Waals surface area contributed by atoms with Crippen molar-refractivity contribution in [2.45, 2.75) is 77.2 Å². The van der Waals surface area contributed by atoms with Gasteiger partial charge in [-0.15, -0.1) is 0 Å². The fourth-order valence-electron chi connectivity index (χ4n) is 2.90. The van der Waals surface area contributed by atoms with E-state index in [1.165, 1.54) is 70.8 Å². The minimum absolute atomic E-state index is 0.908. The smallest absolute Gasteiger partial charge is 0.00683 e. The maximum absolute atomic E-state index is 3.70. The number of hydrogen-bond donors (Lipinski definition) is 1. The van der Waals surface area contributed by atoms with Gasteiger partial charge in [-0.05, 0) is 44.1 Å². The minimum Gasteiger partial charge on any atom is -0.314 e. The summed E-state index contributed by atoms with van der Waals surface area (Å²) < 4.78 is 0. The predicted molar refractivity (Wildman–Crippen MR) is 70.6 cm³/mol. The van der Waals surface area contributed by atoms with Crippen molar-refractivity contribution in [3.8, 4) is 0 Å². The van der Waals surface area contributed by atoms with Crippen molar-refractivity contribution in [2.75, 3.05) is 6.54 Å². The van der Waals surface area contributed by atoms with Gasteiger partial charge in [-0.1, -0.05) is 45.4 Å². The Morgan fingerprint density at radius 1 is 0.875 bits per heavy atom. The fourth-order valence-corrected chi connectivity index (χ4v) is 2.90. The zero-order chi connectivity index (χ0) is 11.2. The van der Waals surface area contributed by atoms with Gasteiger partial charge in [0.1, 0.15) is 0 Å². The van der Waals surface area contributed by atoms with Gasteiger partial charge in [-0.25, -0.2) is 0 Å². The van der Waals surface area contributed by atoms with E-state index < -0.39 is 0 Å². The van der Waals surface area contributed by atoms with E-state index in [0.717, 1.165) is 17.9 Å². The number of rotatable bonds is 9. The summed E-state index contributed by atoms with van der Waals surface area (Å²) in [6, 6.07) is 0.908. The minimum atomic E-state index is 0.908. The highest BCUT2D eigenvalue weighted by molar-refractivity contribution is 4.87. The summed E-state index contributed by atoms with van der Waals surface area (Å²) >= 11 is 0. The van der Waals surface area contributed by atoms with Crippen molar-refractivity contribution >= 4 is 0 Å². The van der Waals surface area contributed by atoms with Gasteiger partial charge in [-0.2, -0.15) is 0 Å². The van der Waals surface area contributed by atoms with E-state index in [9.17, 15) is 0 Å². The second kappa shape index (κ2) is 6.64. The molecule has 0 amide bonds. The first kappa shape index (κ1) is 12.4. The van der Waals surface area contributed by atoms with E-state index >= 15 is 0 Å². The Morgan fingerprint density at radius 2 is 1.62 bits per heavy atom. The van der Waals surface area contributed by atoms with E-state index in [-0.39, 0.29) is 0 Å². The summed E-state index contributed by atoms with van der Waals surface area (Å²) in [7, 11) is 0. The molecule has 2 aliphatic carbocycles. The fraction of sp³-hybridized carbons (Fsp3) is 1.00. The van der Waals surface area contributed by atoms with E-state index in [2.05, 4.69) is 12.2 Å². The summed E-state index contributed by atoms with van der Waals surface area (Å²) in [6.45, 7) is 3.62. The Kier molecular flexibility index (Phi) is 5.15. The van der Waals surface area contributed by atoms with Gasteiger partial charge in [-0.3, -0.25) is 0 Å². The third kappa shape index (κ3) is 4.08. The topological polar surface area (TPSA) is 12.0 Å². The summed E-state index contributed by atoms with van der Waals surface area (Å²) in [5.41, 5.74) is 0. The molecule has 2 unspecified atom stereocenters. The van der Waals surface area contributed by atoms with Gasteiger partial charge in [0.05, 0.1) is 0 Å². The van der Waals surface area contributed by atoms with Crippen LogP contribution in [0.2, 0.25) is 0 Å². The van der Waals surface area contributed by atoms with Crippen LogP contribution in [-0.4, -0.2) is 12.6 Å².